The zero-order valence-corrected chi connectivity index (χ0v) is 15.2. The van der Waals surface area contributed by atoms with E-state index < -0.39 is 0 Å². The Hall–Kier alpha value is -2.10. The molecule has 3 aromatic carbocycles. The molecular weight excluding hydrogens is 307 g/mol. The van der Waals surface area contributed by atoms with Gasteiger partial charge >= 0.3 is 7.12 Å². The van der Waals surface area contributed by atoms with Crippen LogP contribution < -0.4 is 5.46 Å². The van der Waals surface area contributed by atoms with Gasteiger partial charge in [-0.3, -0.25) is 0 Å². The summed E-state index contributed by atoms with van der Waals surface area (Å²) in [5.74, 6) is 0. The summed E-state index contributed by atoms with van der Waals surface area (Å²) in [6.07, 6.45) is 0. The van der Waals surface area contributed by atoms with E-state index in [4.69, 9.17) is 9.31 Å². The summed E-state index contributed by atoms with van der Waals surface area (Å²) >= 11 is 0. The molecule has 0 saturated carbocycles. The number of benzene rings is 3. The van der Waals surface area contributed by atoms with Crippen LogP contribution in [0, 0.1) is 0 Å². The fourth-order valence-electron chi connectivity index (χ4n) is 3.18. The van der Waals surface area contributed by atoms with Gasteiger partial charge in [0, 0.05) is 0 Å². The quantitative estimate of drug-likeness (QED) is 0.628. The maximum atomic E-state index is 6.13. The summed E-state index contributed by atoms with van der Waals surface area (Å²) < 4.78 is 12.3. The van der Waals surface area contributed by atoms with E-state index >= 15 is 0 Å². The van der Waals surface area contributed by atoms with E-state index in [1.165, 1.54) is 21.9 Å². The third-order valence-corrected chi connectivity index (χ3v) is 5.52. The molecule has 0 unspecified atom stereocenters. The molecule has 1 heterocycles. The zero-order chi connectivity index (χ0) is 17.7. The monoisotopic (exact) mass is 330 g/mol. The standard InChI is InChI=1S/C22H23BO2/c1-21(2)22(3,4)25-23(24-21)20-13-11-17(12-14-20)19-10-9-16-7-5-6-8-18(16)15-19/h5-15H,1-4H3. The van der Waals surface area contributed by atoms with Gasteiger partial charge in [-0.05, 0) is 61.1 Å². The van der Waals surface area contributed by atoms with Crippen LogP contribution in [0.3, 0.4) is 0 Å². The molecular formula is C22H23BO2. The minimum Gasteiger partial charge on any atom is -0.399 e. The Labute approximate surface area is 149 Å². The van der Waals surface area contributed by atoms with Crippen molar-refractivity contribution in [2.24, 2.45) is 0 Å². The average Bonchev–Trinajstić information content (AvgIpc) is 2.82. The number of hydrogen-bond donors (Lipinski definition) is 0. The first-order valence-electron chi connectivity index (χ1n) is 8.81. The Morgan fingerprint density at radius 1 is 0.640 bits per heavy atom. The molecule has 0 atom stereocenters. The first-order chi connectivity index (χ1) is 11.9. The lowest BCUT2D eigenvalue weighted by atomic mass is 9.78. The number of rotatable bonds is 2. The average molecular weight is 330 g/mol. The van der Waals surface area contributed by atoms with Crippen molar-refractivity contribution in [1.29, 1.82) is 0 Å². The van der Waals surface area contributed by atoms with E-state index in [2.05, 4.69) is 94.4 Å². The molecule has 0 aliphatic carbocycles. The van der Waals surface area contributed by atoms with Gasteiger partial charge in [0.1, 0.15) is 0 Å². The third kappa shape index (κ3) is 2.88. The fourth-order valence-corrected chi connectivity index (χ4v) is 3.18. The lowest BCUT2D eigenvalue weighted by molar-refractivity contribution is 0.00578. The molecule has 2 nitrogen and oxygen atoms in total. The summed E-state index contributed by atoms with van der Waals surface area (Å²) in [4.78, 5) is 0. The molecule has 0 spiro atoms. The van der Waals surface area contributed by atoms with Crippen LogP contribution in [-0.4, -0.2) is 18.3 Å². The van der Waals surface area contributed by atoms with Crippen molar-refractivity contribution in [3.8, 4) is 11.1 Å². The van der Waals surface area contributed by atoms with E-state index in [9.17, 15) is 0 Å². The van der Waals surface area contributed by atoms with Crippen molar-refractivity contribution in [2.75, 3.05) is 0 Å². The second kappa shape index (κ2) is 5.72. The summed E-state index contributed by atoms with van der Waals surface area (Å²) in [6.45, 7) is 8.32. The molecule has 1 aliphatic rings. The molecule has 1 saturated heterocycles. The molecule has 0 radical (unpaired) electrons. The van der Waals surface area contributed by atoms with E-state index in [1.807, 2.05) is 0 Å². The first-order valence-corrected chi connectivity index (χ1v) is 8.81. The second-order valence-corrected chi connectivity index (χ2v) is 7.77. The topological polar surface area (TPSA) is 18.5 Å². The smallest absolute Gasteiger partial charge is 0.399 e. The normalized spacial score (nSPS) is 18.6. The second-order valence-electron chi connectivity index (χ2n) is 7.77. The fraction of sp³-hybridized carbons (Fsp3) is 0.273. The third-order valence-electron chi connectivity index (χ3n) is 5.52. The summed E-state index contributed by atoms with van der Waals surface area (Å²) in [5, 5.41) is 2.52. The Bertz CT molecular complexity index is 897. The Morgan fingerprint density at radius 2 is 1.20 bits per heavy atom. The molecule has 0 aromatic heterocycles. The molecule has 0 N–H and O–H groups in total. The number of hydrogen-bond acceptors (Lipinski definition) is 2. The van der Waals surface area contributed by atoms with E-state index in [1.54, 1.807) is 0 Å². The minimum atomic E-state index is -0.311. The highest BCUT2D eigenvalue weighted by Crippen LogP contribution is 2.36. The Kier molecular flexibility index (Phi) is 3.75. The minimum absolute atomic E-state index is 0.310. The summed E-state index contributed by atoms with van der Waals surface area (Å²) in [5.41, 5.74) is 2.86. The van der Waals surface area contributed by atoms with E-state index in [0.717, 1.165) is 5.46 Å². The van der Waals surface area contributed by atoms with E-state index in [0.29, 0.717) is 0 Å². The van der Waals surface area contributed by atoms with Gasteiger partial charge in [-0.2, -0.15) is 0 Å². The van der Waals surface area contributed by atoms with Crippen LogP contribution in [0.25, 0.3) is 21.9 Å². The highest BCUT2D eigenvalue weighted by molar-refractivity contribution is 6.62. The van der Waals surface area contributed by atoms with Crippen LogP contribution in [0.1, 0.15) is 27.7 Å². The Morgan fingerprint density at radius 3 is 1.84 bits per heavy atom. The predicted octanol–water partition coefficient (Wildman–Crippen LogP) is 4.81. The first kappa shape index (κ1) is 16.4. The van der Waals surface area contributed by atoms with E-state index in [-0.39, 0.29) is 18.3 Å². The molecule has 4 rings (SSSR count). The van der Waals surface area contributed by atoms with Crippen LogP contribution in [0.2, 0.25) is 0 Å². The van der Waals surface area contributed by atoms with Gasteiger partial charge in [0.2, 0.25) is 0 Å². The van der Waals surface area contributed by atoms with Crippen molar-refractivity contribution in [1.82, 2.24) is 0 Å². The molecule has 25 heavy (non-hydrogen) atoms. The van der Waals surface area contributed by atoms with Gasteiger partial charge in [0.25, 0.3) is 0 Å². The molecule has 3 heteroatoms. The zero-order valence-electron chi connectivity index (χ0n) is 15.2. The maximum Gasteiger partial charge on any atom is 0.494 e. The van der Waals surface area contributed by atoms with Gasteiger partial charge in [-0.25, -0.2) is 0 Å². The van der Waals surface area contributed by atoms with Gasteiger partial charge in [-0.1, -0.05) is 60.7 Å². The van der Waals surface area contributed by atoms with Gasteiger partial charge < -0.3 is 9.31 Å². The number of fused-ring (bicyclic) bond motifs is 1. The van der Waals surface area contributed by atoms with Crippen LogP contribution in [-0.2, 0) is 9.31 Å². The van der Waals surface area contributed by atoms with Crippen molar-refractivity contribution in [2.45, 2.75) is 38.9 Å². The van der Waals surface area contributed by atoms with Gasteiger partial charge in [-0.15, -0.1) is 0 Å². The molecule has 0 bridgehead atoms. The van der Waals surface area contributed by atoms with Crippen molar-refractivity contribution in [3.05, 3.63) is 66.7 Å². The molecule has 126 valence electrons. The molecule has 3 aromatic rings. The lowest BCUT2D eigenvalue weighted by Crippen LogP contribution is -2.41. The van der Waals surface area contributed by atoms with Crippen molar-refractivity contribution in [3.63, 3.8) is 0 Å². The van der Waals surface area contributed by atoms with Crippen LogP contribution in [0.15, 0.2) is 66.7 Å². The highest BCUT2D eigenvalue weighted by atomic mass is 16.7. The SMILES string of the molecule is CC1(C)OB(c2ccc(-c3ccc4ccccc4c3)cc2)OC1(C)C. The van der Waals surface area contributed by atoms with Gasteiger partial charge in [0.05, 0.1) is 11.2 Å². The molecule has 0 amide bonds. The summed E-state index contributed by atoms with van der Waals surface area (Å²) in [7, 11) is -0.310. The predicted molar refractivity (Wildman–Crippen MR) is 105 cm³/mol. The van der Waals surface area contributed by atoms with Crippen LogP contribution in [0.4, 0.5) is 0 Å². The maximum absolute atomic E-state index is 6.13. The van der Waals surface area contributed by atoms with Crippen molar-refractivity contribution < 1.29 is 9.31 Å². The molecule has 1 aliphatic heterocycles. The largest absolute Gasteiger partial charge is 0.494 e. The Balaban J connectivity index is 1.62. The van der Waals surface area contributed by atoms with Gasteiger partial charge in [0.15, 0.2) is 0 Å². The lowest BCUT2D eigenvalue weighted by Gasteiger charge is -2.32. The van der Waals surface area contributed by atoms with Crippen LogP contribution >= 0.6 is 0 Å². The van der Waals surface area contributed by atoms with Crippen LogP contribution in [0.5, 0.6) is 0 Å². The highest BCUT2D eigenvalue weighted by Gasteiger charge is 2.51. The molecule has 1 fully saturated rings. The van der Waals surface area contributed by atoms with Crippen molar-refractivity contribution >= 4 is 23.4 Å². The summed E-state index contributed by atoms with van der Waals surface area (Å²) in [6, 6.07) is 23.5.